The van der Waals surface area contributed by atoms with Crippen molar-refractivity contribution >= 4 is 23.5 Å². The average Bonchev–Trinajstić information content (AvgIpc) is 3.02. The fourth-order valence-electron chi connectivity index (χ4n) is 4.40. The second-order valence-corrected chi connectivity index (χ2v) is 8.52. The van der Waals surface area contributed by atoms with Crippen molar-refractivity contribution in [3.63, 3.8) is 0 Å². The number of imide groups is 1. The number of carbonyl (C=O) groups excluding carboxylic acids is 3. The first-order valence-corrected chi connectivity index (χ1v) is 11.5. The molecular weight excluding hydrogens is 446 g/mol. The molecule has 8 nitrogen and oxygen atoms in total. The molecule has 35 heavy (non-hydrogen) atoms. The van der Waals surface area contributed by atoms with Gasteiger partial charge in [0.25, 0.3) is 5.91 Å². The lowest BCUT2D eigenvalue weighted by Crippen LogP contribution is -2.46. The minimum Gasteiger partial charge on any atom is -0.490 e. The predicted octanol–water partition coefficient (Wildman–Crippen LogP) is 3.48. The Morgan fingerprint density at radius 1 is 0.914 bits per heavy atom. The van der Waals surface area contributed by atoms with Crippen LogP contribution in [0, 0.1) is 0 Å². The molecule has 1 fully saturated rings. The van der Waals surface area contributed by atoms with E-state index in [-0.39, 0.29) is 6.42 Å². The minimum absolute atomic E-state index is 0.267. The molecule has 1 saturated heterocycles. The Morgan fingerprint density at radius 2 is 1.60 bits per heavy atom. The molecule has 8 heteroatoms. The van der Waals surface area contributed by atoms with Gasteiger partial charge in [-0.15, -0.1) is 0 Å². The Morgan fingerprint density at radius 3 is 2.34 bits per heavy atom. The fourth-order valence-corrected chi connectivity index (χ4v) is 4.40. The van der Waals surface area contributed by atoms with Gasteiger partial charge < -0.3 is 20.1 Å². The summed E-state index contributed by atoms with van der Waals surface area (Å²) in [5.74, 6) is 0.197. The zero-order valence-corrected chi connectivity index (χ0v) is 19.0. The molecule has 5 rings (SSSR count). The number of amides is 4. The third kappa shape index (κ3) is 4.55. The van der Waals surface area contributed by atoms with Crippen LogP contribution in [0.2, 0.25) is 0 Å². The molecule has 0 saturated carbocycles. The SMILES string of the molecule is O=C(CN1C(=O)NC(Cc2ccccc2)(c2ccccc2)C1=O)Nc1ccc2c(c1)OCCCO2. The first kappa shape index (κ1) is 22.5. The maximum atomic E-state index is 13.7. The van der Waals surface area contributed by atoms with Gasteiger partial charge in [0, 0.05) is 24.6 Å². The summed E-state index contributed by atoms with van der Waals surface area (Å²) >= 11 is 0. The molecule has 4 amide bonds. The highest BCUT2D eigenvalue weighted by Gasteiger charge is 2.52. The highest BCUT2D eigenvalue weighted by Crippen LogP contribution is 2.34. The van der Waals surface area contributed by atoms with E-state index >= 15 is 0 Å². The second-order valence-electron chi connectivity index (χ2n) is 8.52. The van der Waals surface area contributed by atoms with E-state index in [2.05, 4.69) is 10.6 Å². The van der Waals surface area contributed by atoms with Crippen molar-refractivity contribution in [3.05, 3.63) is 90.0 Å². The van der Waals surface area contributed by atoms with Crippen LogP contribution in [-0.4, -0.2) is 42.5 Å². The van der Waals surface area contributed by atoms with Crippen molar-refractivity contribution in [2.75, 3.05) is 25.1 Å². The molecular formula is C27H25N3O5. The van der Waals surface area contributed by atoms with Crippen LogP contribution in [0.15, 0.2) is 78.9 Å². The molecule has 3 aromatic carbocycles. The number of rotatable bonds is 6. The summed E-state index contributed by atoms with van der Waals surface area (Å²) in [6.45, 7) is 0.676. The van der Waals surface area contributed by atoms with Crippen LogP contribution in [0.1, 0.15) is 17.5 Å². The standard InChI is InChI=1S/C27H25N3O5/c31-24(28-21-12-13-22-23(16-21)35-15-7-14-34-22)18-30-25(32)27(29-26(30)33,20-10-5-2-6-11-20)17-19-8-3-1-4-9-19/h1-6,8-13,16H,7,14-15,17-18H2,(H,28,31)(H,29,33). The molecule has 0 spiro atoms. The maximum Gasteiger partial charge on any atom is 0.325 e. The number of nitrogens with zero attached hydrogens (tertiary/aromatic N) is 1. The van der Waals surface area contributed by atoms with Crippen molar-refractivity contribution in [3.8, 4) is 11.5 Å². The summed E-state index contributed by atoms with van der Waals surface area (Å²) in [5.41, 5.74) is 0.747. The lowest BCUT2D eigenvalue weighted by molar-refractivity contribution is -0.134. The van der Waals surface area contributed by atoms with Crippen LogP contribution >= 0.6 is 0 Å². The molecule has 1 atom stereocenters. The maximum absolute atomic E-state index is 13.7. The average molecular weight is 472 g/mol. The molecule has 3 aromatic rings. The van der Waals surface area contributed by atoms with E-state index < -0.39 is 29.9 Å². The molecule has 0 bridgehead atoms. The summed E-state index contributed by atoms with van der Waals surface area (Å²) in [4.78, 5) is 40.5. The molecule has 2 N–H and O–H groups in total. The summed E-state index contributed by atoms with van der Waals surface area (Å²) in [6.07, 6.45) is 1.04. The van der Waals surface area contributed by atoms with Crippen molar-refractivity contribution in [1.82, 2.24) is 10.2 Å². The Balaban J connectivity index is 1.36. The van der Waals surface area contributed by atoms with Gasteiger partial charge in [0.2, 0.25) is 5.91 Å². The number of carbonyl (C=O) groups is 3. The van der Waals surface area contributed by atoms with Crippen LogP contribution in [0.25, 0.3) is 0 Å². The van der Waals surface area contributed by atoms with Gasteiger partial charge >= 0.3 is 6.03 Å². The van der Waals surface area contributed by atoms with Gasteiger partial charge in [0.05, 0.1) is 13.2 Å². The van der Waals surface area contributed by atoms with Gasteiger partial charge in [-0.05, 0) is 23.3 Å². The topological polar surface area (TPSA) is 97.0 Å². The van der Waals surface area contributed by atoms with Gasteiger partial charge in [-0.2, -0.15) is 0 Å². The van der Waals surface area contributed by atoms with Crippen LogP contribution < -0.4 is 20.1 Å². The third-order valence-corrected chi connectivity index (χ3v) is 6.09. The highest BCUT2D eigenvalue weighted by molar-refractivity contribution is 6.10. The first-order valence-electron chi connectivity index (χ1n) is 11.5. The molecule has 1 unspecified atom stereocenters. The Kier molecular flexibility index (Phi) is 6.10. The highest BCUT2D eigenvalue weighted by atomic mass is 16.5. The van der Waals surface area contributed by atoms with Gasteiger partial charge in [-0.1, -0.05) is 60.7 Å². The summed E-state index contributed by atoms with van der Waals surface area (Å²) in [5, 5.41) is 5.62. The zero-order valence-electron chi connectivity index (χ0n) is 19.0. The van der Waals surface area contributed by atoms with Crippen molar-refractivity contribution in [1.29, 1.82) is 0 Å². The molecule has 2 aliphatic rings. The molecule has 2 heterocycles. The zero-order chi connectivity index (χ0) is 24.3. The van der Waals surface area contributed by atoms with E-state index in [0.29, 0.717) is 36.0 Å². The quantitative estimate of drug-likeness (QED) is 0.537. The van der Waals surface area contributed by atoms with Gasteiger partial charge in [0.15, 0.2) is 17.0 Å². The number of anilines is 1. The number of benzene rings is 3. The van der Waals surface area contributed by atoms with E-state index in [1.165, 1.54) is 0 Å². The van der Waals surface area contributed by atoms with Gasteiger partial charge in [0.1, 0.15) is 6.54 Å². The number of urea groups is 1. The lowest BCUT2D eigenvalue weighted by atomic mass is 9.83. The minimum atomic E-state index is -1.30. The summed E-state index contributed by atoms with van der Waals surface area (Å²) in [7, 11) is 0. The van der Waals surface area contributed by atoms with Crippen LogP contribution in [0.5, 0.6) is 11.5 Å². The largest absolute Gasteiger partial charge is 0.490 e. The van der Waals surface area contributed by atoms with Gasteiger partial charge in [-0.3, -0.25) is 14.5 Å². The molecule has 0 aromatic heterocycles. The number of hydrogen-bond donors (Lipinski definition) is 2. The molecule has 178 valence electrons. The van der Waals surface area contributed by atoms with E-state index in [1.54, 1.807) is 18.2 Å². The lowest BCUT2D eigenvalue weighted by Gasteiger charge is -2.27. The molecule has 2 aliphatic heterocycles. The molecule has 0 radical (unpaired) electrons. The van der Waals surface area contributed by atoms with E-state index in [1.807, 2.05) is 60.7 Å². The van der Waals surface area contributed by atoms with E-state index in [9.17, 15) is 14.4 Å². The van der Waals surface area contributed by atoms with Crippen LogP contribution in [-0.2, 0) is 21.5 Å². The number of ether oxygens (including phenoxy) is 2. The Bertz CT molecular complexity index is 1250. The molecule has 0 aliphatic carbocycles. The predicted molar refractivity (Wildman–Crippen MR) is 129 cm³/mol. The van der Waals surface area contributed by atoms with Crippen molar-refractivity contribution in [2.45, 2.75) is 18.4 Å². The number of hydrogen-bond acceptors (Lipinski definition) is 5. The fraction of sp³-hybridized carbons (Fsp3) is 0.222. The summed E-state index contributed by atoms with van der Waals surface area (Å²) in [6, 6.07) is 23.1. The summed E-state index contributed by atoms with van der Waals surface area (Å²) < 4.78 is 11.3. The normalized spacial score (nSPS) is 19.1. The van der Waals surface area contributed by atoms with Crippen LogP contribution in [0.3, 0.4) is 0 Å². The monoisotopic (exact) mass is 471 g/mol. The second kappa shape index (κ2) is 9.50. The van der Waals surface area contributed by atoms with E-state index in [0.717, 1.165) is 16.9 Å². The number of nitrogens with one attached hydrogen (secondary N) is 2. The number of fused-ring (bicyclic) bond motifs is 1. The van der Waals surface area contributed by atoms with Gasteiger partial charge in [-0.25, -0.2) is 4.79 Å². The third-order valence-electron chi connectivity index (χ3n) is 6.09. The van der Waals surface area contributed by atoms with Crippen LogP contribution in [0.4, 0.5) is 10.5 Å². The van der Waals surface area contributed by atoms with Crippen molar-refractivity contribution < 1.29 is 23.9 Å². The Hall–Kier alpha value is -4.33. The smallest absolute Gasteiger partial charge is 0.325 e. The van der Waals surface area contributed by atoms with Crippen molar-refractivity contribution in [2.24, 2.45) is 0 Å². The first-order chi connectivity index (χ1) is 17.0. The van der Waals surface area contributed by atoms with E-state index in [4.69, 9.17) is 9.47 Å². The Labute approximate surface area is 202 Å².